The molecule has 0 radical (unpaired) electrons. The fourth-order valence-corrected chi connectivity index (χ4v) is 14.8. The van der Waals surface area contributed by atoms with Crippen LogP contribution in [0.2, 0.25) is 18.1 Å². The summed E-state index contributed by atoms with van der Waals surface area (Å²) in [5, 5.41) is 14.2. The standard InChI is InChI=1S/C53H67NO13Si/c1-10-62-66-43-41-33(5)38(63-49(57)44-42(35-23-17-14-18-24-35)54-48(64-44)36-25-19-15-20-26-36)30-53(58,50(41,7)8)47(61-32-60-37-27-21-16-22-28-37)45-51(9,46(43)56)39(67-68(11-2,12-3)13-4)29-40-52(45,31-59-40)65-34(6)55/h14-28,38-40,42-45,47,58H,10-13,29-32H2,1-9H3/t38-,39-,40+,42-,43+,44+,45-,47-,51+,52-,53+/m0/s1. The Bertz CT molecular complexity index is 2350. The summed E-state index contributed by atoms with van der Waals surface area (Å²) in [6.45, 7) is 16.4. The number of carbonyl (C=O) groups is 3. The fraction of sp³-hybridized carbons (Fsp3) is 0.547. The summed E-state index contributed by atoms with van der Waals surface area (Å²) in [5.74, 6) is -2.06. The Morgan fingerprint density at radius 1 is 0.897 bits per heavy atom. The molecule has 3 aliphatic carbocycles. The fourth-order valence-electron chi connectivity index (χ4n) is 11.8. The minimum atomic E-state index is -2.50. The van der Waals surface area contributed by atoms with Gasteiger partial charge in [0.15, 0.2) is 32.6 Å². The van der Waals surface area contributed by atoms with Crippen molar-refractivity contribution in [3.8, 4) is 5.75 Å². The number of carbonyl (C=O) groups excluding carboxylic acids is 3. The van der Waals surface area contributed by atoms with Gasteiger partial charge >= 0.3 is 11.9 Å². The molecule has 3 aromatic carbocycles. The molecular weight excluding hydrogens is 887 g/mol. The lowest BCUT2D eigenvalue weighted by Gasteiger charge is -2.68. The SMILES string of the molecule is CCOO[C@H]1C(=O)[C@]2(C)[C@@H](O[Si](CC)(CC)CC)C[C@H]3OC[C@@]3(OC(C)=O)[C@H]2[C@H](OCOc2ccccc2)[C@]2(O)C[C@H](OC(=O)[C@@H]3OC(c4ccccc4)=N[C@H]3c3ccccc3)C(C)=C1C2(C)C. The molecule has 0 unspecified atom stereocenters. The van der Waals surface area contributed by atoms with Gasteiger partial charge in [-0.2, -0.15) is 0 Å². The number of hydrogen-bond donors (Lipinski definition) is 1. The van der Waals surface area contributed by atoms with Crippen LogP contribution < -0.4 is 4.74 Å². The number of hydrogen-bond acceptors (Lipinski definition) is 14. The van der Waals surface area contributed by atoms with Gasteiger partial charge in [-0.25, -0.2) is 19.6 Å². The van der Waals surface area contributed by atoms with Gasteiger partial charge in [-0.1, -0.05) is 101 Å². The van der Waals surface area contributed by atoms with Crippen LogP contribution in [0.25, 0.3) is 0 Å². The van der Waals surface area contributed by atoms with Crippen molar-refractivity contribution in [1.29, 1.82) is 0 Å². The van der Waals surface area contributed by atoms with Gasteiger partial charge in [-0.05, 0) is 79.9 Å². The van der Waals surface area contributed by atoms with Crippen LogP contribution in [0.5, 0.6) is 5.75 Å². The van der Waals surface area contributed by atoms with Crippen molar-refractivity contribution < 1.29 is 62.1 Å². The van der Waals surface area contributed by atoms with Crippen LogP contribution in [-0.2, 0) is 52.3 Å². The zero-order valence-corrected chi connectivity index (χ0v) is 41.7. The van der Waals surface area contributed by atoms with Gasteiger partial charge in [0.25, 0.3) is 0 Å². The van der Waals surface area contributed by atoms with Gasteiger partial charge in [-0.15, -0.1) is 0 Å². The topological polar surface area (TPSA) is 167 Å². The van der Waals surface area contributed by atoms with Gasteiger partial charge in [0.2, 0.25) is 12.0 Å². The Morgan fingerprint density at radius 2 is 1.53 bits per heavy atom. The number of para-hydroxylation sites is 1. The molecule has 1 saturated heterocycles. The van der Waals surface area contributed by atoms with Crippen LogP contribution in [0.4, 0.5) is 0 Å². The lowest BCUT2D eigenvalue weighted by atomic mass is 9.44. The second-order valence-corrected chi connectivity index (χ2v) is 24.3. The van der Waals surface area contributed by atoms with Crippen molar-refractivity contribution in [3.63, 3.8) is 0 Å². The van der Waals surface area contributed by atoms with Crippen LogP contribution in [0.1, 0.15) is 92.3 Å². The average molecular weight is 954 g/mol. The van der Waals surface area contributed by atoms with Crippen LogP contribution >= 0.6 is 0 Å². The molecule has 3 fully saturated rings. The molecule has 11 atom stereocenters. The third-order valence-electron chi connectivity index (χ3n) is 15.9. The molecule has 2 heterocycles. The van der Waals surface area contributed by atoms with Crippen molar-refractivity contribution in [2.24, 2.45) is 21.7 Å². The molecule has 3 aromatic rings. The average Bonchev–Trinajstić information content (AvgIpc) is 3.79. The molecule has 2 bridgehead atoms. The highest BCUT2D eigenvalue weighted by Gasteiger charge is 2.78. The molecule has 2 saturated carbocycles. The van der Waals surface area contributed by atoms with E-state index < -0.39 is 96.7 Å². The first kappa shape index (κ1) is 49.7. The second-order valence-electron chi connectivity index (χ2n) is 19.6. The van der Waals surface area contributed by atoms with Gasteiger partial charge in [0.05, 0.1) is 30.8 Å². The summed E-state index contributed by atoms with van der Waals surface area (Å²) >= 11 is 0. The number of fused-ring (bicyclic) bond motifs is 5. The van der Waals surface area contributed by atoms with Crippen LogP contribution in [0.3, 0.4) is 0 Å². The molecule has 0 aromatic heterocycles. The van der Waals surface area contributed by atoms with Crippen LogP contribution in [0, 0.1) is 16.7 Å². The van der Waals surface area contributed by atoms with Crippen molar-refractivity contribution in [2.45, 2.75) is 147 Å². The van der Waals surface area contributed by atoms with Crippen LogP contribution in [0.15, 0.2) is 107 Å². The summed E-state index contributed by atoms with van der Waals surface area (Å²) < 4.78 is 46.4. The predicted molar refractivity (Wildman–Crippen MR) is 254 cm³/mol. The summed E-state index contributed by atoms with van der Waals surface area (Å²) in [7, 11) is -2.50. The van der Waals surface area contributed by atoms with E-state index in [0.717, 1.165) is 23.7 Å². The molecule has 8 rings (SSSR count). The number of esters is 2. The van der Waals surface area contributed by atoms with Crippen molar-refractivity contribution in [1.82, 2.24) is 0 Å². The highest BCUT2D eigenvalue weighted by Crippen LogP contribution is 2.65. The van der Waals surface area contributed by atoms with E-state index in [-0.39, 0.29) is 38.7 Å². The maximum Gasteiger partial charge on any atom is 0.350 e. The highest BCUT2D eigenvalue weighted by molar-refractivity contribution is 6.73. The first-order valence-electron chi connectivity index (χ1n) is 24.1. The molecule has 14 nitrogen and oxygen atoms in total. The first-order chi connectivity index (χ1) is 32.5. The highest BCUT2D eigenvalue weighted by atomic mass is 28.4. The molecule has 0 amide bonds. The van der Waals surface area contributed by atoms with Gasteiger partial charge < -0.3 is 38.0 Å². The normalized spacial score (nSPS) is 32.9. The van der Waals surface area contributed by atoms with Crippen molar-refractivity contribution >= 4 is 31.9 Å². The summed E-state index contributed by atoms with van der Waals surface area (Å²) in [6.07, 6.45) is -6.65. The molecule has 68 heavy (non-hydrogen) atoms. The Hall–Kier alpha value is -4.74. The van der Waals surface area contributed by atoms with E-state index in [9.17, 15) is 14.7 Å². The lowest BCUT2D eigenvalue weighted by Crippen LogP contribution is -2.82. The zero-order valence-electron chi connectivity index (χ0n) is 40.7. The second kappa shape index (κ2) is 19.6. The van der Waals surface area contributed by atoms with Crippen molar-refractivity contribution in [2.75, 3.05) is 20.0 Å². The van der Waals surface area contributed by atoms with Gasteiger partial charge in [0.1, 0.15) is 29.6 Å². The maximum atomic E-state index is 16.4. The van der Waals surface area contributed by atoms with Gasteiger partial charge in [-0.3, -0.25) is 9.59 Å². The number of aliphatic hydroxyl groups is 1. The monoisotopic (exact) mass is 953 g/mol. The number of benzene rings is 3. The zero-order chi connectivity index (χ0) is 48.6. The number of aliphatic imine (C=N–C) groups is 1. The minimum absolute atomic E-state index is 0.0773. The molecule has 2 aliphatic heterocycles. The Labute approximate surface area is 400 Å². The van der Waals surface area contributed by atoms with E-state index in [2.05, 4.69) is 20.8 Å². The molecule has 1 N–H and O–H groups in total. The Balaban J connectivity index is 1.30. The predicted octanol–water partition coefficient (Wildman–Crippen LogP) is 8.42. The van der Waals surface area contributed by atoms with E-state index in [4.69, 9.17) is 47.6 Å². The molecular formula is C53H67NO13Si. The Kier molecular flexibility index (Phi) is 14.3. The smallest absolute Gasteiger partial charge is 0.350 e. The van der Waals surface area contributed by atoms with Crippen molar-refractivity contribution in [3.05, 3.63) is 113 Å². The van der Waals surface area contributed by atoms with E-state index in [1.807, 2.05) is 99.6 Å². The molecule has 5 aliphatic rings. The van der Waals surface area contributed by atoms with E-state index in [0.29, 0.717) is 22.5 Å². The van der Waals surface area contributed by atoms with Gasteiger partial charge in [0, 0.05) is 36.7 Å². The Morgan fingerprint density at radius 3 is 2.12 bits per heavy atom. The summed E-state index contributed by atoms with van der Waals surface area (Å²) in [4.78, 5) is 61.7. The number of nitrogens with zero attached hydrogens (tertiary/aromatic N) is 1. The number of rotatable bonds is 17. The quantitative estimate of drug-likeness (QED) is 0.0343. The van der Waals surface area contributed by atoms with E-state index in [1.165, 1.54) is 6.92 Å². The largest absolute Gasteiger partial charge is 0.468 e. The number of Topliss-reactive ketones (excluding diaryl/α,β-unsaturated/α-hetero) is 1. The summed E-state index contributed by atoms with van der Waals surface area (Å²) in [5.41, 5.74) is -4.12. The third-order valence-corrected chi connectivity index (χ3v) is 20.5. The lowest BCUT2D eigenvalue weighted by molar-refractivity contribution is -0.360. The number of ether oxygens (including phenoxy) is 6. The third kappa shape index (κ3) is 8.45. The molecule has 0 spiro atoms. The first-order valence-corrected chi connectivity index (χ1v) is 26.7. The van der Waals surface area contributed by atoms with E-state index >= 15 is 4.79 Å². The number of ketones is 1. The van der Waals surface area contributed by atoms with E-state index in [1.54, 1.807) is 26.0 Å². The van der Waals surface area contributed by atoms with Crippen LogP contribution in [-0.4, -0.2) is 105 Å². The molecule has 15 heteroatoms. The molecule has 366 valence electrons. The maximum absolute atomic E-state index is 16.4. The minimum Gasteiger partial charge on any atom is -0.468 e. The summed E-state index contributed by atoms with van der Waals surface area (Å²) in [6, 6.07) is 29.4.